The summed E-state index contributed by atoms with van der Waals surface area (Å²) in [7, 11) is 0. The van der Waals surface area contributed by atoms with E-state index in [1.54, 1.807) is 11.3 Å². The van der Waals surface area contributed by atoms with Crippen molar-refractivity contribution < 1.29 is 4.79 Å². The zero-order valence-electron chi connectivity index (χ0n) is 21.0. The van der Waals surface area contributed by atoms with E-state index in [1.807, 2.05) is 36.8 Å². The Kier molecular flexibility index (Phi) is 8.75. The summed E-state index contributed by atoms with van der Waals surface area (Å²) in [4.78, 5) is 18.2. The molecule has 2 aromatic heterocycles. The largest absolute Gasteiger partial charge is 0.378 e. The Labute approximate surface area is 217 Å². The molecule has 0 aliphatic heterocycles. The molecule has 186 valence electrons. The maximum Gasteiger partial charge on any atom is 0.261 e. The van der Waals surface area contributed by atoms with Crippen molar-refractivity contribution in [2.45, 2.75) is 59.0 Å². The molecular formula is C29H33N5OS. The van der Waals surface area contributed by atoms with E-state index in [-0.39, 0.29) is 5.91 Å². The van der Waals surface area contributed by atoms with Crippen LogP contribution in [0.2, 0.25) is 0 Å². The van der Waals surface area contributed by atoms with Crippen molar-refractivity contribution >= 4 is 33.0 Å². The van der Waals surface area contributed by atoms with Crippen LogP contribution in [0.25, 0.3) is 10.1 Å². The molecule has 2 N–H and O–H groups in total. The van der Waals surface area contributed by atoms with Crippen molar-refractivity contribution in [2.75, 3.05) is 11.9 Å². The number of carbonyl (C=O) groups is 1. The second-order valence-electron chi connectivity index (χ2n) is 8.98. The number of nitrogens with zero attached hydrogens (tertiary/aromatic N) is 3. The van der Waals surface area contributed by atoms with Crippen LogP contribution in [-0.4, -0.2) is 22.0 Å². The fraction of sp³-hybridized carbons (Fsp3) is 0.345. The molecular weight excluding hydrogens is 466 g/mol. The van der Waals surface area contributed by atoms with Gasteiger partial charge in [-0.1, -0.05) is 51.0 Å². The van der Waals surface area contributed by atoms with Crippen LogP contribution in [0.15, 0.2) is 55.0 Å². The summed E-state index contributed by atoms with van der Waals surface area (Å²) >= 11 is 1.59. The zero-order chi connectivity index (χ0) is 25.3. The SMILES string of the molecule is CCCCNC(=O)c1sc2c(NCc3cncn3Cc3ccc(C#N)cc3)cccc2c1CCCC. The van der Waals surface area contributed by atoms with Gasteiger partial charge < -0.3 is 15.2 Å². The van der Waals surface area contributed by atoms with Gasteiger partial charge in [0.1, 0.15) is 0 Å². The lowest BCUT2D eigenvalue weighted by molar-refractivity contribution is 0.0956. The van der Waals surface area contributed by atoms with Gasteiger partial charge in [0.2, 0.25) is 0 Å². The summed E-state index contributed by atoms with van der Waals surface area (Å²) in [6.45, 7) is 6.34. The first-order valence-electron chi connectivity index (χ1n) is 12.7. The minimum absolute atomic E-state index is 0.0437. The molecule has 7 heteroatoms. The van der Waals surface area contributed by atoms with Crippen LogP contribution in [-0.2, 0) is 19.5 Å². The predicted octanol–water partition coefficient (Wildman–Crippen LogP) is 6.50. The van der Waals surface area contributed by atoms with E-state index < -0.39 is 0 Å². The van der Waals surface area contributed by atoms with Gasteiger partial charge in [-0.05, 0) is 54.0 Å². The summed E-state index contributed by atoms with van der Waals surface area (Å²) in [6.07, 6.45) is 8.83. The minimum atomic E-state index is 0.0437. The van der Waals surface area contributed by atoms with Gasteiger partial charge in [-0.2, -0.15) is 5.26 Å². The Balaban J connectivity index is 1.55. The average molecular weight is 500 g/mol. The van der Waals surface area contributed by atoms with Crippen LogP contribution < -0.4 is 10.6 Å². The third kappa shape index (κ3) is 5.95. The Morgan fingerprint density at radius 1 is 1.11 bits per heavy atom. The van der Waals surface area contributed by atoms with Crippen LogP contribution in [0.4, 0.5) is 5.69 Å². The fourth-order valence-corrected chi connectivity index (χ4v) is 5.51. The first-order valence-corrected chi connectivity index (χ1v) is 13.5. The third-order valence-corrected chi connectivity index (χ3v) is 7.60. The molecule has 0 saturated heterocycles. The lowest BCUT2D eigenvalue weighted by Crippen LogP contribution is -2.24. The van der Waals surface area contributed by atoms with Crippen molar-refractivity contribution in [2.24, 2.45) is 0 Å². The van der Waals surface area contributed by atoms with Gasteiger partial charge in [-0.3, -0.25) is 4.79 Å². The number of aromatic nitrogens is 2. The van der Waals surface area contributed by atoms with Gasteiger partial charge in [-0.15, -0.1) is 11.3 Å². The van der Waals surface area contributed by atoms with Crippen molar-refractivity contribution in [1.82, 2.24) is 14.9 Å². The monoisotopic (exact) mass is 499 g/mol. The molecule has 2 aromatic carbocycles. The maximum atomic E-state index is 13.0. The molecule has 1 amide bonds. The van der Waals surface area contributed by atoms with Gasteiger partial charge >= 0.3 is 0 Å². The summed E-state index contributed by atoms with van der Waals surface area (Å²) in [5, 5.41) is 16.9. The average Bonchev–Trinajstić information content (AvgIpc) is 3.51. The first kappa shape index (κ1) is 25.5. The standard InChI is InChI=1S/C29H33N5OS/c1-3-5-8-25-24-9-7-10-26(27(24)36-28(25)29(35)32-15-6-4-2)33-18-23-17-31-20-34(23)19-22-13-11-21(16-30)12-14-22/h7,9-14,17,20,33H,3-6,8,15,18-19H2,1-2H3,(H,32,35). The maximum absolute atomic E-state index is 13.0. The number of hydrogen-bond acceptors (Lipinski definition) is 5. The Bertz CT molecular complexity index is 1350. The van der Waals surface area contributed by atoms with Gasteiger partial charge in [0.05, 0.1) is 45.5 Å². The van der Waals surface area contributed by atoms with Crippen LogP contribution in [0, 0.1) is 11.3 Å². The molecule has 4 rings (SSSR count). The molecule has 36 heavy (non-hydrogen) atoms. The van der Waals surface area contributed by atoms with E-state index in [4.69, 9.17) is 5.26 Å². The molecule has 0 aliphatic rings. The summed E-state index contributed by atoms with van der Waals surface area (Å²) in [5.41, 5.74) is 5.05. The van der Waals surface area contributed by atoms with Crippen LogP contribution >= 0.6 is 11.3 Å². The number of aryl methyl sites for hydroxylation is 1. The van der Waals surface area contributed by atoms with E-state index in [9.17, 15) is 4.79 Å². The van der Waals surface area contributed by atoms with Gasteiger partial charge in [-0.25, -0.2) is 4.98 Å². The molecule has 0 fully saturated rings. The predicted molar refractivity (Wildman–Crippen MR) is 147 cm³/mol. The Morgan fingerprint density at radius 3 is 2.67 bits per heavy atom. The normalized spacial score (nSPS) is 10.9. The Morgan fingerprint density at radius 2 is 1.92 bits per heavy atom. The van der Waals surface area contributed by atoms with Crippen molar-refractivity contribution in [3.63, 3.8) is 0 Å². The number of nitriles is 1. The third-order valence-electron chi connectivity index (χ3n) is 6.32. The van der Waals surface area contributed by atoms with Crippen molar-refractivity contribution in [1.29, 1.82) is 5.26 Å². The van der Waals surface area contributed by atoms with Crippen molar-refractivity contribution in [3.05, 3.63) is 82.3 Å². The first-order chi connectivity index (χ1) is 17.6. The lowest BCUT2D eigenvalue weighted by Gasteiger charge is -2.11. The van der Waals surface area contributed by atoms with Gasteiger partial charge in [0, 0.05) is 19.3 Å². The number of carbonyl (C=O) groups excluding carboxylic acids is 1. The number of benzene rings is 2. The van der Waals surface area contributed by atoms with Crippen molar-refractivity contribution in [3.8, 4) is 6.07 Å². The van der Waals surface area contributed by atoms with Crippen LogP contribution in [0.5, 0.6) is 0 Å². The highest BCUT2D eigenvalue weighted by molar-refractivity contribution is 7.21. The highest BCUT2D eigenvalue weighted by Gasteiger charge is 2.19. The number of thiophene rings is 1. The second-order valence-corrected chi connectivity index (χ2v) is 10.0. The van der Waals surface area contributed by atoms with Gasteiger partial charge in [0.25, 0.3) is 5.91 Å². The van der Waals surface area contributed by atoms with E-state index in [0.717, 1.165) is 58.6 Å². The van der Waals surface area contributed by atoms with Gasteiger partial charge in [0.15, 0.2) is 0 Å². The van der Waals surface area contributed by atoms with Crippen LogP contribution in [0.1, 0.15) is 71.6 Å². The minimum Gasteiger partial charge on any atom is -0.378 e. The van der Waals surface area contributed by atoms with E-state index in [1.165, 1.54) is 10.9 Å². The number of hydrogen-bond donors (Lipinski definition) is 2. The zero-order valence-corrected chi connectivity index (χ0v) is 21.8. The molecule has 4 aromatic rings. The molecule has 0 atom stereocenters. The number of rotatable bonds is 12. The molecule has 0 radical (unpaired) electrons. The molecule has 0 unspecified atom stereocenters. The molecule has 2 heterocycles. The highest BCUT2D eigenvalue weighted by atomic mass is 32.1. The fourth-order valence-electron chi connectivity index (χ4n) is 4.26. The smallest absolute Gasteiger partial charge is 0.261 e. The number of nitrogens with one attached hydrogen (secondary N) is 2. The van der Waals surface area contributed by atoms with E-state index >= 15 is 0 Å². The molecule has 0 saturated carbocycles. The summed E-state index contributed by atoms with van der Waals surface area (Å²) in [6, 6.07) is 16.1. The second kappa shape index (κ2) is 12.4. The topological polar surface area (TPSA) is 82.7 Å². The molecule has 6 nitrogen and oxygen atoms in total. The lowest BCUT2D eigenvalue weighted by atomic mass is 10.0. The Hall–Kier alpha value is -3.63. The molecule has 0 bridgehead atoms. The number of anilines is 1. The van der Waals surface area contributed by atoms with Crippen LogP contribution in [0.3, 0.4) is 0 Å². The summed E-state index contributed by atoms with van der Waals surface area (Å²) < 4.78 is 3.24. The summed E-state index contributed by atoms with van der Waals surface area (Å²) in [5.74, 6) is 0.0437. The number of unbranched alkanes of at least 4 members (excludes halogenated alkanes) is 2. The number of amides is 1. The van der Waals surface area contributed by atoms with E-state index in [0.29, 0.717) is 25.2 Å². The quantitative estimate of drug-likeness (QED) is 0.218. The number of imidazole rings is 1. The number of fused-ring (bicyclic) bond motifs is 1. The molecule has 0 spiro atoms. The molecule has 0 aliphatic carbocycles. The van der Waals surface area contributed by atoms with E-state index in [2.05, 4.69) is 58.3 Å². The highest BCUT2D eigenvalue weighted by Crippen LogP contribution is 2.37.